The zero-order valence-electron chi connectivity index (χ0n) is 7.34. The van der Waals surface area contributed by atoms with Gasteiger partial charge >= 0.3 is 15.0 Å². The molecule has 0 atom stereocenters. The average molecular weight is 255 g/mol. The molecule has 0 aliphatic carbocycles. The Morgan fingerprint density at radius 3 is 2.47 bits per heavy atom. The van der Waals surface area contributed by atoms with Crippen LogP contribution in [0.3, 0.4) is 0 Å². The van der Waals surface area contributed by atoms with Crippen molar-refractivity contribution in [2.24, 2.45) is 0 Å². The van der Waals surface area contributed by atoms with Crippen LogP contribution in [0.15, 0.2) is 24.3 Å². The molecule has 0 N–H and O–H groups in total. The molecule has 0 saturated carbocycles. The van der Waals surface area contributed by atoms with Crippen molar-refractivity contribution >= 4 is 26.6 Å². The zero-order valence-corrected chi connectivity index (χ0v) is 9.10. The van der Waals surface area contributed by atoms with E-state index in [0.717, 1.165) is 0 Å². The van der Waals surface area contributed by atoms with Gasteiger partial charge < -0.3 is 4.74 Å². The summed E-state index contributed by atoms with van der Waals surface area (Å²) in [6.07, 6.45) is -1.48. The second-order valence-corrected chi connectivity index (χ2v) is 4.60. The largest absolute Gasteiger partial charge is 0.656 e. The molecule has 0 aromatic heterocycles. The van der Waals surface area contributed by atoms with E-state index < -0.39 is 21.3 Å². The van der Waals surface area contributed by atoms with Gasteiger partial charge in [-0.05, 0) is 12.1 Å². The lowest BCUT2D eigenvalue weighted by atomic mass is 10.2. The van der Waals surface area contributed by atoms with Gasteiger partial charge in [0.1, 0.15) is 0 Å². The van der Waals surface area contributed by atoms with Crippen molar-refractivity contribution in [3.05, 3.63) is 34.9 Å². The monoisotopic (exact) mass is 254 g/mol. The molecule has 0 bridgehead atoms. The molecule has 2 nitrogen and oxygen atoms in total. The first-order valence-electron chi connectivity index (χ1n) is 3.88. The molecule has 1 aromatic carbocycles. The van der Waals surface area contributed by atoms with Crippen LogP contribution >= 0.6 is 11.6 Å². The van der Waals surface area contributed by atoms with Crippen LogP contribution in [0.2, 0.25) is 5.02 Å². The summed E-state index contributed by atoms with van der Waals surface area (Å²) in [6.45, 7) is 0. The fraction of sp³-hybridized carbons (Fsp3) is 0.125. The van der Waals surface area contributed by atoms with Crippen LogP contribution in [0.25, 0.3) is 0 Å². The van der Waals surface area contributed by atoms with Gasteiger partial charge in [-0.2, -0.15) is 0 Å². The van der Waals surface area contributed by atoms with E-state index in [1.807, 2.05) is 0 Å². The van der Waals surface area contributed by atoms with Crippen LogP contribution in [0.4, 0.5) is 12.3 Å². The summed E-state index contributed by atoms with van der Waals surface area (Å²) in [7, 11) is -5.86. The molecule has 0 radical (unpaired) electrons. The smallest absolute Gasteiger partial charge is 0.457 e. The Morgan fingerprint density at radius 2 is 1.93 bits per heavy atom. The summed E-state index contributed by atoms with van der Waals surface area (Å²) in [6, 6.07) is 5.77. The molecule has 7 heteroatoms. The summed E-state index contributed by atoms with van der Waals surface area (Å²) >= 11 is 5.60. The first-order valence-corrected chi connectivity index (χ1v) is 6.10. The first kappa shape index (κ1) is 12.1. The van der Waals surface area contributed by atoms with Crippen LogP contribution < -0.4 is 0 Å². The third-order valence-electron chi connectivity index (χ3n) is 1.46. The molecule has 1 aromatic rings. The quantitative estimate of drug-likeness (QED) is 0.471. The number of rotatable bonds is 3. The Hall–Kier alpha value is -1.01. The van der Waals surface area contributed by atoms with Crippen LogP contribution in [-0.2, 0) is 4.74 Å². The van der Waals surface area contributed by atoms with E-state index in [-0.39, 0.29) is 10.6 Å². The van der Waals surface area contributed by atoms with Crippen molar-refractivity contribution < 1.29 is 21.9 Å². The molecular weight excluding hydrogens is 249 g/mol. The lowest BCUT2D eigenvalue weighted by Gasteiger charge is -2.06. The van der Waals surface area contributed by atoms with Crippen molar-refractivity contribution in [2.45, 2.75) is 0 Å². The number of esters is 1. The van der Waals surface area contributed by atoms with E-state index in [4.69, 9.17) is 11.6 Å². The van der Waals surface area contributed by atoms with Gasteiger partial charge in [0.25, 0.3) is 0 Å². The van der Waals surface area contributed by atoms with Crippen molar-refractivity contribution in [1.82, 2.24) is 0 Å². The summed E-state index contributed by atoms with van der Waals surface area (Å²) in [4.78, 5) is 11.1. The van der Waals surface area contributed by atoms with Crippen LogP contribution in [0.5, 0.6) is 0 Å². The van der Waals surface area contributed by atoms with Crippen LogP contribution in [0, 0.1) is 0 Å². The fourth-order valence-corrected chi connectivity index (χ4v) is 1.36. The third kappa shape index (κ3) is 3.92. The van der Waals surface area contributed by atoms with E-state index in [0.29, 0.717) is 0 Å². The van der Waals surface area contributed by atoms with E-state index in [9.17, 15) is 17.1 Å². The fourth-order valence-electron chi connectivity index (χ4n) is 0.852. The minimum atomic E-state index is -5.86. The van der Waals surface area contributed by atoms with Crippen molar-refractivity contribution in [1.29, 1.82) is 0 Å². The second kappa shape index (κ2) is 4.67. The van der Waals surface area contributed by atoms with Crippen molar-refractivity contribution in [2.75, 3.05) is 6.23 Å². The molecule has 0 unspecified atom stereocenters. The lowest BCUT2D eigenvalue weighted by molar-refractivity contribution is 0.0537. The lowest BCUT2D eigenvalue weighted by Crippen LogP contribution is -2.26. The van der Waals surface area contributed by atoms with Crippen LogP contribution in [0.1, 0.15) is 10.4 Å². The van der Waals surface area contributed by atoms with E-state index in [1.165, 1.54) is 18.2 Å². The molecule has 0 aliphatic heterocycles. The zero-order chi connectivity index (χ0) is 11.5. The molecular formula is C8H6ClF3O2Si. The molecule has 0 fully saturated rings. The number of benzene rings is 1. The van der Waals surface area contributed by atoms with Crippen molar-refractivity contribution in [3.8, 4) is 0 Å². The van der Waals surface area contributed by atoms with Gasteiger partial charge in [-0.1, -0.05) is 23.7 Å². The van der Waals surface area contributed by atoms with Gasteiger partial charge in [0, 0.05) is 0 Å². The highest BCUT2D eigenvalue weighted by Crippen LogP contribution is 2.17. The topological polar surface area (TPSA) is 26.3 Å². The Kier molecular flexibility index (Phi) is 3.76. The Morgan fingerprint density at radius 1 is 1.33 bits per heavy atom. The second-order valence-electron chi connectivity index (χ2n) is 2.67. The molecule has 0 amide bonds. The highest BCUT2D eigenvalue weighted by molar-refractivity contribution is 6.58. The number of carbonyl (C=O) groups excluding carboxylic acids is 1. The van der Waals surface area contributed by atoms with E-state index in [1.54, 1.807) is 6.07 Å². The molecule has 0 heterocycles. The summed E-state index contributed by atoms with van der Waals surface area (Å²) in [5, 5.41) is 0.0753. The first-order chi connectivity index (χ1) is 6.90. The van der Waals surface area contributed by atoms with E-state index >= 15 is 0 Å². The van der Waals surface area contributed by atoms with Crippen LogP contribution in [-0.4, -0.2) is 21.3 Å². The van der Waals surface area contributed by atoms with Gasteiger partial charge in [0.2, 0.25) is 0 Å². The Balaban J connectivity index is 2.66. The molecule has 82 valence electrons. The predicted molar refractivity (Wildman–Crippen MR) is 50.8 cm³/mol. The van der Waals surface area contributed by atoms with Gasteiger partial charge in [0.15, 0.2) is 6.23 Å². The van der Waals surface area contributed by atoms with Gasteiger partial charge in [0.05, 0.1) is 10.6 Å². The summed E-state index contributed by atoms with van der Waals surface area (Å²) < 4.78 is 39.7. The Bertz CT molecular complexity index is 367. The average Bonchev–Trinajstić information content (AvgIpc) is 2.14. The highest BCUT2D eigenvalue weighted by Gasteiger charge is 2.39. The SMILES string of the molecule is O=C(OC[Si](F)(F)F)c1ccccc1Cl. The van der Waals surface area contributed by atoms with Gasteiger partial charge in [-0.15, -0.1) is 0 Å². The maximum Gasteiger partial charge on any atom is 0.656 e. The number of carbonyl (C=O) groups is 1. The summed E-state index contributed by atoms with van der Waals surface area (Å²) in [5.74, 6) is -1.05. The molecule has 0 saturated heterocycles. The highest BCUT2D eigenvalue weighted by atomic mass is 35.5. The van der Waals surface area contributed by atoms with E-state index in [2.05, 4.69) is 4.74 Å². The number of hydrogen-bond acceptors (Lipinski definition) is 2. The standard InChI is InChI=1S/C8H6ClF3O2Si/c9-7-4-2-1-3-6(7)8(13)14-5-15(10,11)12/h1-4H,5H2. The number of hydrogen-bond donors (Lipinski definition) is 0. The van der Waals surface area contributed by atoms with Gasteiger partial charge in [-0.3, -0.25) is 0 Å². The predicted octanol–water partition coefficient (Wildman–Crippen LogP) is 2.88. The molecule has 0 aliphatic rings. The number of ether oxygens (including phenoxy) is 1. The summed E-state index contributed by atoms with van der Waals surface area (Å²) in [5.41, 5.74) is -0.0579. The molecule has 1 rings (SSSR count). The molecule has 0 spiro atoms. The third-order valence-corrected chi connectivity index (χ3v) is 2.26. The minimum Gasteiger partial charge on any atom is -0.457 e. The Labute approximate surface area is 90.1 Å². The van der Waals surface area contributed by atoms with Gasteiger partial charge in [-0.25, -0.2) is 17.1 Å². The maximum atomic E-state index is 11.9. The minimum absolute atomic E-state index is 0.0579. The normalized spacial score (nSPS) is 11.2. The number of halogens is 4. The van der Waals surface area contributed by atoms with Crippen molar-refractivity contribution in [3.63, 3.8) is 0 Å². The molecule has 15 heavy (non-hydrogen) atoms. The maximum absolute atomic E-state index is 11.9.